The second kappa shape index (κ2) is 9.99. The van der Waals surface area contributed by atoms with Gasteiger partial charge in [-0.2, -0.15) is 13.2 Å². The van der Waals surface area contributed by atoms with Crippen molar-refractivity contribution in [2.24, 2.45) is 0 Å². The minimum Gasteiger partial charge on any atom is -0.496 e. The Kier molecular flexibility index (Phi) is 7.34. The second-order valence-corrected chi connectivity index (χ2v) is 7.37. The number of nitrogens with zero attached hydrogens (tertiary/aromatic N) is 2. The monoisotopic (exact) mass is 453 g/mol. The fraction of sp³-hybridized carbons (Fsp3) is 0.364. The molecule has 1 aliphatic heterocycles. The van der Waals surface area contributed by atoms with E-state index in [0.29, 0.717) is 38.5 Å². The van der Waals surface area contributed by atoms with Gasteiger partial charge in [0, 0.05) is 43.9 Å². The van der Waals surface area contributed by atoms with Crippen LogP contribution in [0.5, 0.6) is 5.75 Å². The standard InChI is InChI=1S/C22H23F4N3O3/c1-32-19-7-6-18(23)12-16(19)14-28-8-10-29(11-9-28)20(30)13-27-21(31)15-2-4-17(5-3-15)22(24,25)26/h2-7,12H,8-11,13-14H2,1H3,(H,27,31). The highest BCUT2D eigenvalue weighted by atomic mass is 19.4. The third-order valence-electron chi connectivity index (χ3n) is 5.24. The van der Waals surface area contributed by atoms with Gasteiger partial charge in [0.2, 0.25) is 5.91 Å². The van der Waals surface area contributed by atoms with Crippen LogP contribution in [0.1, 0.15) is 21.5 Å². The van der Waals surface area contributed by atoms with Gasteiger partial charge in [0.05, 0.1) is 19.2 Å². The Bertz CT molecular complexity index is 956. The van der Waals surface area contributed by atoms with Crippen molar-refractivity contribution in [3.05, 3.63) is 65.0 Å². The lowest BCUT2D eigenvalue weighted by Gasteiger charge is -2.35. The van der Waals surface area contributed by atoms with Crippen molar-refractivity contribution >= 4 is 11.8 Å². The van der Waals surface area contributed by atoms with Crippen LogP contribution in [0, 0.1) is 5.82 Å². The molecule has 0 saturated carbocycles. The van der Waals surface area contributed by atoms with Crippen molar-refractivity contribution in [2.45, 2.75) is 12.7 Å². The molecule has 0 aromatic heterocycles. The molecule has 1 saturated heterocycles. The first-order valence-corrected chi connectivity index (χ1v) is 9.95. The number of amides is 2. The number of halogens is 4. The maximum atomic E-state index is 13.5. The summed E-state index contributed by atoms with van der Waals surface area (Å²) in [6.07, 6.45) is -4.48. The van der Waals surface area contributed by atoms with Crippen LogP contribution in [0.2, 0.25) is 0 Å². The number of piperazine rings is 1. The van der Waals surface area contributed by atoms with Crippen molar-refractivity contribution < 1.29 is 31.9 Å². The molecular formula is C22H23F4N3O3. The summed E-state index contributed by atoms with van der Waals surface area (Å²) in [5.41, 5.74) is -0.0883. The average molecular weight is 453 g/mol. The molecule has 0 unspecified atom stereocenters. The fourth-order valence-electron chi connectivity index (χ4n) is 3.45. The Balaban J connectivity index is 1.46. The SMILES string of the molecule is COc1ccc(F)cc1CN1CCN(C(=O)CNC(=O)c2ccc(C(F)(F)F)cc2)CC1. The molecule has 2 amide bonds. The van der Waals surface area contributed by atoms with E-state index >= 15 is 0 Å². The Hall–Kier alpha value is -3.14. The minimum atomic E-state index is -4.48. The molecular weight excluding hydrogens is 430 g/mol. The molecule has 1 aliphatic rings. The van der Waals surface area contributed by atoms with E-state index in [2.05, 4.69) is 10.2 Å². The van der Waals surface area contributed by atoms with E-state index in [0.717, 1.165) is 29.8 Å². The highest BCUT2D eigenvalue weighted by Gasteiger charge is 2.30. The Morgan fingerprint density at radius 1 is 1.03 bits per heavy atom. The summed E-state index contributed by atoms with van der Waals surface area (Å²) in [6, 6.07) is 8.12. The van der Waals surface area contributed by atoms with E-state index in [1.54, 1.807) is 11.0 Å². The van der Waals surface area contributed by atoms with Gasteiger partial charge in [-0.05, 0) is 42.5 Å². The number of ether oxygens (including phenoxy) is 1. The average Bonchev–Trinajstić information content (AvgIpc) is 2.77. The summed E-state index contributed by atoms with van der Waals surface area (Å²) in [6.45, 7) is 2.24. The van der Waals surface area contributed by atoms with Crippen LogP contribution in [-0.4, -0.2) is 61.4 Å². The van der Waals surface area contributed by atoms with Crippen LogP contribution in [-0.2, 0) is 17.5 Å². The molecule has 0 bridgehead atoms. The molecule has 0 spiro atoms. The van der Waals surface area contributed by atoms with Crippen LogP contribution < -0.4 is 10.1 Å². The molecule has 1 N–H and O–H groups in total. The van der Waals surface area contributed by atoms with Gasteiger partial charge >= 0.3 is 6.18 Å². The second-order valence-electron chi connectivity index (χ2n) is 7.37. The zero-order valence-electron chi connectivity index (χ0n) is 17.4. The van der Waals surface area contributed by atoms with Crippen LogP contribution in [0.25, 0.3) is 0 Å². The predicted molar refractivity (Wildman–Crippen MR) is 109 cm³/mol. The van der Waals surface area contributed by atoms with Crippen LogP contribution in [0.15, 0.2) is 42.5 Å². The number of benzene rings is 2. The molecule has 6 nitrogen and oxygen atoms in total. The number of carbonyl (C=O) groups excluding carboxylic acids is 2. The molecule has 2 aromatic carbocycles. The van der Waals surface area contributed by atoms with Crippen molar-refractivity contribution in [1.82, 2.24) is 15.1 Å². The van der Waals surface area contributed by atoms with Crippen molar-refractivity contribution in [3.63, 3.8) is 0 Å². The fourth-order valence-corrected chi connectivity index (χ4v) is 3.45. The topological polar surface area (TPSA) is 61.9 Å². The van der Waals surface area contributed by atoms with E-state index < -0.39 is 17.6 Å². The van der Waals surface area contributed by atoms with E-state index in [-0.39, 0.29) is 23.8 Å². The first-order valence-electron chi connectivity index (χ1n) is 9.95. The molecule has 32 heavy (non-hydrogen) atoms. The molecule has 0 radical (unpaired) electrons. The smallest absolute Gasteiger partial charge is 0.416 e. The number of rotatable bonds is 6. The summed E-state index contributed by atoms with van der Waals surface area (Å²) < 4.78 is 56.6. The van der Waals surface area contributed by atoms with Crippen LogP contribution >= 0.6 is 0 Å². The summed E-state index contributed by atoms with van der Waals surface area (Å²) in [5, 5.41) is 2.44. The van der Waals surface area contributed by atoms with Crippen LogP contribution in [0.3, 0.4) is 0 Å². The van der Waals surface area contributed by atoms with E-state index in [1.165, 1.54) is 19.2 Å². The Labute approximate surface area is 182 Å². The summed E-state index contributed by atoms with van der Waals surface area (Å²) in [7, 11) is 1.52. The van der Waals surface area contributed by atoms with Crippen LogP contribution in [0.4, 0.5) is 17.6 Å². The van der Waals surface area contributed by atoms with Gasteiger partial charge < -0.3 is 15.0 Å². The summed E-state index contributed by atoms with van der Waals surface area (Å²) in [5.74, 6) is -0.661. The van der Waals surface area contributed by atoms with E-state index in [4.69, 9.17) is 4.74 Å². The largest absolute Gasteiger partial charge is 0.496 e. The van der Waals surface area contributed by atoms with Crippen molar-refractivity contribution in [2.75, 3.05) is 39.8 Å². The molecule has 0 atom stereocenters. The maximum Gasteiger partial charge on any atom is 0.416 e. The maximum absolute atomic E-state index is 13.5. The third kappa shape index (κ3) is 5.97. The number of carbonyl (C=O) groups is 2. The lowest BCUT2D eigenvalue weighted by atomic mass is 10.1. The molecule has 1 fully saturated rings. The molecule has 0 aliphatic carbocycles. The number of hydrogen-bond donors (Lipinski definition) is 1. The lowest BCUT2D eigenvalue weighted by Crippen LogP contribution is -2.50. The Morgan fingerprint density at radius 3 is 2.28 bits per heavy atom. The quantitative estimate of drug-likeness (QED) is 0.684. The zero-order valence-corrected chi connectivity index (χ0v) is 17.4. The predicted octanol–water partition coefficient (Wildman–Crippen LogP) is 2.93. The van der Waals surface area contributed by atoms with E-state index in [1.807, 2.05) is 0 Å². The third-order valence-corrected chi connectivity index (χ3v) is 5.24. The molecule has 172 valence electrons. The molecule has 10 heteroatoms. The highest BCUT2D eigenvalue weighted by molar-refractivity contribution is 5.96. The Morgan fingerprint density at radius 2 is 1.69 bits per heavy atom. The van der Waals surface area contributed by atoms with Gasteiger partial charge in [0.1, 0.15) is 11.6 Å². The molecule has 3 rings (SSSR count). The zero-order chi connectivity index (χ0) is 23.3. The number of alkyl halides is 3. The normalized spacial score (nSPS) is 14.8. The van der Waals surface area contributed by atoms with E-state index in [9.17, 15) is 27.2 Å². The summed E-state index contributed by atoms with van der Waals surface area (Å²) in [4.78, 5) is 28.2. The molecule has 1 heterocycles. The first kappa shape index (κ1) is 23.5. The van der Waals surface area contributed by atoms with Gasteiger partial charge in [0.15, 0.2) is 0 Å². The number of nitrogens with one attached hydrogen (secondary N) is 1. The van der Waals surface area contributed by atoms with Gasteiger partial charge in [-0.1, -0.05) is 0 Å². The molecule has 2 aromatic rings. The van der Waals surface area contributed by atoms with Gasteiger partial charge in [-0.15, -0.1) is 0 Å². The lowest BCUT2D eigenvalue weighted by molar-refractivity contribution is -0.137. The van der Waals surface area contributed by atoms with Crippen molar-refractivity contribution in [1.29, 1.82) is 0 Å². The van der Waals surface area contributed by atoms with Gasteiger partial charge in [-0.25, -0.2) is 4.39 Å². The minimum absolute atomic E-state index is 0.0414. The highest BCUT2D eigenvalue weighted by Crippen LogP contribution is 2.29. The van der Waals surface area contributed by atoms with Crippen molar-refractivity contribution in [3.8, 4) is 5.75 Å². The summed E-state index contributed by atoms with van der Waals surface area (Å²) >= 11 is 0. The van der Waals surface area contributed by atoms with Gasteiger partial charge in [-0.3, -0.25) is 14.5 Å². The number of hydrogen-bond acceptors (Lipinski definition) is 4. The number of methoxy groups -OCH3 is 1. The van der Waals surface area contributed by atoms with Gasteiger partial charge in [0.25, 0.3) is 5.91 Å². The first-order chi connectivity index (χ1) is 15.2.